The summed E-state index contributed by atoms with van der Waals surface area (Å²) in [5.41, 5.74) is 0. The Hall–Kier alpha value is -1.94. The van der Waals surface area contributed by atoms with Crippen LogP contribution in [0.15, 0.2) is 0 Å². The lowest BCUT2D eigenvalue weighted by molar-refractivity contribution is -0.150. The van der Waals surface area contributed by atoms with Crippen LogP contribution in [0.1, 0.15) is 25.7 Å². The smallest absolute Gasteiger partial charge is 0.384 e. The first-order valence-electron chi connectivity index (χ1n) is 5.00. The Balaban J connectivity index is 2.30. The van der Waals surface area contributed by atoms with E-state index < -0.39 is 11.9 Å². The zero-order valence-electron chi connectivity index (χ0n) is 8.77. The molecule has 1 fully saturated rings. The number of terminal acetylenes is 2. The van der Waals surface area contributed by atoms with Crippen LogP contribution in [-0.4, -0.2) is 24.1 Å². The lowest BCUT2D eigenvalue weighted by atomic mass is 9.95. The second-order valence-electron chi connectivity index (χ2n) is 3.50. The molecule has 0 saturated heterocycles. The summed E-state index contributed by atoms with van der Waals surface area (Å²) in [6.07, 6.45) is 12.0. The van der Waals surface area contributed by atoms with E-state index in [1.807, 2.05) is 11.8 Å². The Kier molecular flexibility index (Phi) is 4.42. The minimum atomic E-state index is -0.649. The Bertz CT molecular complexity index is 314. The number of hydrogen-bond acceptors (Lipinski definition) is 4. The maximum absolute atomic E-state index is 10.8. The van der Waals surface area contributed by atoms with Gasteiger partial charge in [0.1, 0.15) is 12.2 Å². The Morgan fingerprint density at radius 1 is 0.875 bits per heavy atom. The molecule has 0 amide bonds. The van der Waals surface area contributed by atoms with Gasteiger partial charge in [0.15, 0.2) is 0 Å². The molecule has 0 aromatic carbocycles. The third-order valence-electron chi connectivity index (χ3n) is 2.40. The van der Waals surface area contributed by atoms with Crippen molar-refractivity contribution in [2.45, 2.75) is 37.9 Å². The second kappa shape index (κ2) is 5.82. The van der Waals surface area contributed by atoms with Gasteiger partial charge < -0.3 is 9.47 Å². The standard InChI is InChI=1S/C12H12O4/c1-3-11(13)15-9-5-7-10(8-6-9)16-12(14)4-2/h1-2,9-10H,5-8H2. The molecule has 4 heteroatoms. The van der Waals surface area contributed by atoms with E-state index >= 15 is 0 Å². The fraction of sp³-hybridized carbons (Fsp3) is 0.500. The zero-order chi connectivity index (χ0) is 12.0. The van der Waals surface area contributed by atoms with Gasteiger partial charge in [-0.3, -0.25) is 0 Å². The first kappa shape index (κ1) is 12.1. The molecule has 1 aliphatic rings. The summed E-state index contributed by atoms with van der Waals surface area (Å²) >= 11 is 0. The number of rotatable bonds is 2. The van der Waals surface area contributed by atoms with Crippen LogP contribution in [0, 0.1) is 24.7 Å². The summed E-state index contributed by atoms with van der Waals surface area (Å²) in [6.45, 7) is 0. The Morgan fingerprint density at radius 3 is 1.44 bits per heavy atom. The predicted molar refractivity (Wildman–Crippen MR) is 55.9 cm³/mol. The van der Waals surface area contributed by atoms with Crippen molar-refractivity contribution in [1.82, 2.24) is 0 Å². The third-order valence-corrected chi connectivity index (χ3v) is 2.40. The summed E-state index contributed by atoms with van der Waals surface area (Å²) in [5, 5.41) is 0. The van der Waals surface area contributed by atoms with Crippen LogP contribution in [0.2, 0.25) is 0 Å². The minimum Gasteiger partial charge on any atom is -0.453 e. The van der Waals surface area contributed by atoms with Crippen molar-refractivity contribution >= 4 is 11.9 Å². The molecule has 1 rings (SSSR count). The molecule has 0 aromatic heterocycles. The first-order valence-corrected chi connectivity index (χ1v) is 5.00. The van der Waals surface area contributed by atoms with Gasteiger partial charge in [-0.15, -0.1) is 12.8 Å². The van der Waals surface area contributed by atoms with Gasteiger partial charge in [0.05, 0.1) is 0 Å². The summed E-state index contributed by atoms with van der Waals surface area (Å²) in [6, 6.07) is 0. The molecule has 0 spiro atoms. The molecule has 0 unspecified atom stereocenters. The van der Waals surface area contributed by atoms with E-state index in [-0.39, 0.29) is 12.2 Å². The minimum absolute atomic E-state index is 0.177. The Morgan fingerprint density at radius 2 is 1.19 bits per heavy atom. The van der Waals surface area contributed by atoms with Gasteiger partial charge in [-0.05, 0) is 25.7 Å². The van der Waals surface area contributed by atoms with Crippen LogP contribution in [0.25, 0.3) is 0 Å². The summed E-state index contributed by atoms with van der Waals surface area (Å²) < 4.78 is 9.93. The van der Waals surface area contributed by atoms with Gasteiger partial charge in [0.25, 0.3) is 0 Å². The number of carbonyl (C=O) groups is 2. The lowest BCUT2D eigenvalue weighted by Crippen LogP contribution is -2.29. The SMILES string of the molecule is C#CC(=O)OC1CCC(OC(=O)C#C)CC1. The first-order chi connectivity index (χ1) is 7.65. The average Bonchev–Trinajstić information content (AvgIpc) is 2.31. The van der Waals surface area contributed by atoms with Gasteiger partial charge in [-0.1, -0.05) is 0 Å². The highest BCUT2D eigenvalue weighted by Gasteiger charge is 2.25. The molecule has 1 saturated carbocycles. The molecule has 1 aliphatic carbocycles. The summed E-state index contributed by atoms with van der Waals surface area (Å²) in [7, 11) is 0. The van der Waals surface area contributed by atoms with Crippen molar-refractivity contribution < 1.29 is 19.1 Å². The summed E-state index contributed by atoms with van der Waals surface area (Å²) in [4.78, 5) is 21.6. The van der Waals surface area contributed by atoms with Crippen LogP contribution in [0.3, 0.4) is 0 Å². The largest absolute Gasteiger partial charge is 0.453 e. The van der Waals surface area contributed by atoms with E-state index in [2.05, 4.69) is 0 Å². The number of hydrogen-bond donors (Lipinski definition) is 0. The van der Waals surface area contributed by atoms with E-state index in [1.54, 1.807) is 0 Å². The fourth-order valence-corrected chi connectivity index (χ4v) is 1.64. The van der Waals surface area contributed by atoms with Crippen molar-refractivity contribution in [3.05, 3.63) is 0 Å². The number of ether oxygens (including phenoxy) is 2. The van der Waals surface area contributed by atoms with E-state index in [0.717, 1.165) is 0 Å². The highest BCUT2D eigenvalue weighted by atomic mass is 16.6. The maximum Gasteiger partial charge on any atom is 0.384 e. The van der Waals surface area contributed by atoms with Crippen LogP contribution in [-0.2, 0) is 19.1 Å². The molecule has 16 heavy (non-hydrogen) atoms. The highest BCUT2D eigenvalue weighted by molar-refractivity contribution is 5.88. The van der Waals surface area contributed by atoms with Gasteiger partial charge in [-0.2, -0.15) is 0 Å². The van der Waals surface area contributed by atoms with E-state index in [1.165, 1.54) is 0 Å². The van der Waals surface area contributed by atoms with Gasteiger partial charge in [0.2, 0.25) is 0 Å². The van der Waals surface area contributed by atoms with Gasteiger partial charge in [0, 0.05) is 11.8 Å². The molecule has 4 nitrogen and oxygen atoms in total. The van der Waals surface area contributed by atoms with E-state index in [4.69, 9.17) is 22.3 Å². The van der Waals surface area contributed by atoms with Crippen LogP contribution in [0.5, 0.6) is 0 Å². The van der Waals surface area contributed by atoms with Crippen molar-refractivity contribution in [1.29, 1.82) is 0 Å². The quantitative estimate of drug-likeness (QED) is 0.389. The topological polar surface area (TPSA) is 52.6 Å². The maximum atomic E-state index is 10.8. The van der Waals surface area contributed by atoms with Crippen LogP contribution >= 0.6 is 0 Å². The molecule has 0 aliphatic heterocycles. The molecule has 0 atom stereocenters. The number of esters is 2. The van der Waals surface area contributed by atoms with Crippen LogP contribution < -0.4 is 0 Å². The van der Waals surface area contributed by atoms with Crippen molar-refractivity contribution in [3.8, 4) is 24.7 Å². The average molecular weight is 220 g/mol. The summed E-state index contributed by atoms with van der Waals surface area (Å²) in [5.74, 6) is 2.49. The number of carbonyl (C=O) groups excluding carboxylic acids is 2. The predicted octanol–water partition coefficient (Wildman–Crippen LogP) is 0.650. The highest BCUT2D eigenvalue weighted by Crippen LogP contribution is 2.23. The van der Waals surface area contributed by atoms with E-state index in [9.17, 15) is 9.59 Å². The monoisotopic (exact) mass is 220 g/mol. The molecular formula is C12H12O4. The molecule has 0 radical (unpaired) electrons. The normalized spacial score (nSPS) is 23.6. The molecule has 0 bridgehead atoms. The lowest BCUT2D eigenvalue weighted by Gasteiger charge is -2.26. The second-order valence-corrected chi connectivity index (χ2v) is 3.50. The fourth-order valence-electron chi connectivity index (χ4n) is 1.64. The Labute approximate surface area is 94.3 Å². The molecule has 0 aromatic rings. The molecular weight excluding hydrogens is 208 g/mol. The molecule has 84 valence electrons. The van der Waals surface area contributed by atoms with Gasteiger partial charge in [-0.25, -0.2) is 9.59 Å². The van der Waals surface area contributed by atoms with Crippen molar-refractivity contribution in [2.24, 2.45) is 0 Å². The van der Waals surface area contributed by atoms with Gasteiger partial charge >= 0.3 is 11.9 Å². The van der Waals surface area contributed by atoms with Crippen molar-refractivity contribution in [3.63, 3.8) is 0 Å². The third kappa shape index (κ3) is 3.67. The molecule has 0 heterocycles. The van der Waals surface area contributed by atoms with Crippen molar-refractivity contribution in [2.75, 3.05) is 0 Å². The molecule has 0 N–H and O–H groups in total. The van der Waals surface area contributed by atoms with E-state index in [0.29, 0.717) is 25.7 Å². The van der Waals surface area contributed by atoms with Crippen LogP contribution in [0.4, 0.5) is 0 Å². The zero-order valence-corrected chi connectivity index (χ0v) is 8.77.